The Morgan fingerprint density at radius 1 is 1.12 bits per heavy atom. The molecular formula is C12H17N3O2. The predicted molar refractivity (Wildman–Crippen MR) is 65.4 cm³/mol. The standard InChI is InChI=1S/C12H17N3O2/c1-2-3-9-13-12(17)15-14-11(16)10-7-5-4-6-8-10/h4-8H,2-3,9H2,1H3,(H,14,16)(H2,13,15,17). The van der Waals surface area contributed by atoms with Gasteiger partial charge in [-0.1, -0.05) is 31.5 Å². The van der Waals surface area contributed by atoms with E-state index in [-0.39, 0.29) is 5.91 Å². The van der Waals surface area contributed by atoms with Gasteiger partial charge < -0.3 is 5.32 Å². The molecule has 5 heteroatoms. The molecule has 1 aromatic carbocycles. The average molecular weight is 235 g/mol. The number of hydrogen-bond donors (Lipinski definition) is 3. The smallest absolute Gasteiger partial charge is 0.333 e. The van der Waals surface area contributed by atoms with Gasteiger partial charge in [-0.05, 0) is 18.6 Å². The van der Waals surface area contributed by atoms with Crippen LogP contribution in [0.3, 0.4) is 0 Å². The lowest BCUT2D eigenvalue weighted by Gasteiger charge is -2.08. The van der Waals surface area contributed by atoms with Crippen molar-refractivity contribution in [2.75, 3.05) is 6.54 Å². The Bertz CT molecular complexity index is 365. The molecule has 17 heavy (non-hydrogen) atoms. The molecule has 0 aromatic heterocycles. The molecule has 5 nitrogen and oxygen atoms in total. The molecule has 1 rings (SSSR count). The maximum absolute atomic E-state index is 11.5. The number of benzene rings is 1. The number of rotatable bonds is 4. The minimum absolute atomic E-state index is 0.337. The van der Waals surface area contributed by atoms with Gasteiger partial charge in [0, 0.05) is 12.1 Å². The molecule has 1 aromatic rings. The van der Waals surface area contributed by atoms with Gasteiger partial charge in [0.25, 0.3) is 5.91 Å². The van der Waals surface area contributed by atoms with Gasteiger partial charge in [-0.2, -0.15) is 0 Å². The number of hydrogen-bond acceptors (Lipinski definition) is 2. The number of carbonyl (C=O) groups is 2. The quantitative estimate of drug-likeness (QED) is 0.546. The first-order chi connectivity index (χ1) is 8.24. The van der Waals surface area contributed by atoms with Crippen molar-refractivity contribution in [3.8, 4) is 0 Å². The van der Waals surface area contributed by atoms with E-state index < -0.39 is 6.03 Å². The van der Waals surface area contributed by atoms with Crippen molar-refractivity contribution in [2.24, 2.45) is 0 Å². The number of urea groups is 1. The highest BCUT2D eigenvalue weighted by atomic mass is 16.2. The average Bonchev–Trinajstić information content (AvgIpc) is 2.37. The summed E-state index contributed by atoms with van der Waals surface area (Å²) in [6.07, 6.45) is 1.93. The molecule has 0 heterocycles. The molecule has 0 aliphatic carbocycles. The Morgan fingerprint density at radius 2 is 1.82 bits per heavy atom. The normalized spacial score (nSPS) is 9.47. The van der Waals surface area contributed by atoms with Crippen LogP contribution in [0.2, 0.25) is 0 Å². The lowest BCUT2D eigenvalue weighted by molar-refractivity contribution is 0.0936. The monoisotopic (exact) mass is 235 g/mol. The molecular weight excluding hydrogens is 218 g/mol. The van der Waals surface area contributed by atoms with Gasteiger partial charge in [-0.3, -0.25) is 10.2 Å². The first-order valence-corrected chi connectivity index (χ1v) is 5.63. The van der Waals surface area contributed by atoms with Crippen LogP contribution in [-0.4, -0.2) is 18.5 Å². The zero-order valence-corrected chi connectivity index (χ0v) is 9.82. The van der Waals surface area contributed by atoms with E-state index in [1.54, 1.807) is 24.3 Å². The number of carbonyl (C=O) groups excluding carboxylic acids is 2. The summed E-state index contributed by atoms with van der Waals surface area (Å²) < 4.78 is 0. The highest BCUT2D eigenvalue weighted by Crippen LogP contribution is 1.96. The molecule has 0 bridgehead atoms. The summed E-state index contributed by atoms with van der Waals surface area (Å²) in [6.45, 7) is 2.64. The summed E-state index contributed by atoms with van der Waals surface area (Å²) in [4.78, 5) is 22.7. The zero-order valence-electron chi connectivity index (χ0n) is 9.82. The molecule has 0 atom stereocenters. The van der Waals surface area contributed by atoms with E-state index in [0.717, 1.165) is 12.8 Å². The third kappa shape index (κ3) is 5.01. The fourth-order valence-corrected chi connectivity index (χ4v) is 1.20. The van der Waals surface area contributed by atoms with Gasteiger partial charge >= 0.3 is 6.03 Å². The van der Waals surface area contributed by atoms with E-state index in [1.165, 1.54) is 0 Å². The number of amides is 3. The maximum Gasteiger partial charge on any atom is 0.333 e. The molecule has 3 amide bonds. The molecule has 0 aliphatic rings. The van der Waals surface area contributed by atoms with Crippen molar-refractivity contribution >= 4 is 11.9 Å². The van der Waals surface area contributed by atoms with Gasteiger partial charge in [-0.15, -0.1) is 0 Å². The van der Waals surface area contributed by atoms with Crippen LogP contribution in [0, 0.1) is 0 Å². The largest absolute Gasteiger partial charge is 0.337 e. The van der Waals surface area contributed by atoms with Gasteiger partial charge in [-0.25, -0.2) is 10.2 Å². The second-order valence-electron chi connectivity index (χ2n) is 3.55. The highest BCUT2D eigenvalue weighted by Gasteiger charge is 2.05. The summed E-state index contributed by atoms with van der Waals surface area (Å²) >= 11 is 0. The van der Waals surface area contributed by atoms with Crippen LogP contribution in [0.5, 0.6) is 0 Å². The molecule has 0 aliphatic heterocycles. The van der Waals surface area contributed by atoms with E-state index in [0.29, 0.717) is 12.1 Å². The Morgan fingerprint density at radius 3 is 2.47 bits per heavy atom. The first kappa shape index (κ1) is 13.0. The summed E-state index contributed by atoms with van der Waals surface area (Å²) in [5.74, 6) is -0.337. The van der Waals surface area contributed by atoms with E-state index >= 15 is 0 Å². The molecule has 0 saturated heterocycles. The molecule has 0 saturated carbocycles. The molecule has 92 valence electrons. The summed E-state index contributed by atoms with van der Waals surface area (Å²) in [5.41, 5.74) is 5.12. The lowest BCUT2D eigenvalue weighted by atomic mass is 10.2. The third-order valence-electron chi connectivity index (χ3n) is 2.14. The molecule has 0 spiro atoms. The second kappa shape index (κ2) is 7.27. The topological polar surface area (TPSA) is 70.2 Å². The SMILES string of the molecule is CCCCNC(=O)NNC(=O)c1ccccc1. The molecule has 0 unspecified atom stereocenters. The van der Waals surface area contributed by atoms with Crippen molar-refractivity contribution < 1.29 is 9.59 Å². The van der Waals surface area contributed by atoms with E-state index in [2.05, 4.69) is 16.2 Å². The fourth-order valence-electron chi connectivity index (χ4n) is 1.20. The van der Waals surface area contributed by atoms with Gasteiger partial charge in [0.1, 0.15) is 0 Å². The minimum atomic E-state index is -0.400. The molecule has 3 N–H and O–H groups in total. The number of nitrogens with one attached hydrogen (secondary N) is 3. The first-order valence-electron chi connectivity index (χ1n) is 5.63. The Hall–Kier alpha value is -2.04. The van der Waals surface area contributed by atoms with Crippen molar-refractivity contribution in [2.45, 2.75) is 19.8 Å². The fraction of sp³-hybridized carbons (Fsp3) is 0.333. The summed E-state index contributed by atoms with van der Waals surface area (Å²) in [5, 5.41) is 2.63. The van der Waals surface area contributed by atoms with Crippen LogP contribution >= 0.6 is 0 Å². The van der Waals surface area contributed by atoms with Gasteiger partial charge in [0.05, 0.1) is 0 Å². The summed E-state index contributed by atoms with van der Waals surface area (Å²) in [6, 6.07) is 8.29. The van der Waals surface area contributed by atoms with Crippen LogP contribution in [0.4, 0.5) is 4.79 Å². The van der Waals surface area contributed by atoms with Crippen LogP contribution in [0.15, 0.2) is 30.3 Å². The molecule has 0 radical (unpaired) electrons. The van der Waals surface area contributed by atoms with Crippen molar-refractivity contribution in [1.29, 1.82) is 0 Å². The van der Waals surface area contributed by atoms with E-state index in [1.807, 2.05) is 13.0 Å². The maximum atomic E-state index is 11.5. The van der Waals surface area contributed by atoms with Crippen LogP contribution in [0.1, 0.15) is 30.1 Å². The predicted octanol–water partition coefficient (Wildman–Crippen LogP) is 1.43. The second-order valence-corrected chi connectivity index (χ2v) is 3.55. The third-order valence-corrected chi connectivity index (χ3v) is 2.14. The summed E-state index contributed by atoms with van der Waals surface area (Å²) in [7, 11) is 0. The lowest BCUT2D eigenvalue weighted by Crippen LogP contribution is -2.47. The van der Waals surface area contributed by atoms with Crippen LogP contribution < -0.4 is 16.2 Å². The molecule has 0 fully saturated rings. The van der Waals surface area contributed by atoms with Gasteiger partial charge in [0.2, 0.25) is 0 Å². The van der Waals surface area contributed by atoms with E-state index in [9.17, 15) is 9.59 Å². The Kier molecular flexibility index (Phi) is 5.57. The van der Waals surface area contributed by atoms with E-state index in [4.69, 9.17) is 0 Å². The highest BCUT2D eigenvalue weighted by molar-refractivity contribution is 5.95. The Labute approximate surface area is 101 Å². The van der Waals surface area contributed by atoms with Crippen molar-refractivity contribution in [3.63, 3.8) is 0 Å². The Balaban J connectivity index is 2.26. The van der Waals surface area contributed by atoms with Crippen LogP contribution in [-0.2, 0) is 0 Å². The van der Waals surface area contributed by atoms with Crippen LogP contribution in [0.25, 0.3) is 0 Å². The van der Waals surface area contributed by atoms with Crippen molar-refractivity contribution in [1.82, 2.24) is 16.2 Å². The number of unbranched alkanes of at least 4 members (excludes halogenated alkanes) is 1. The minimum Gasteiger partial charge on any atom is -0.337 e. The van der Waals surface area contributed by atoms with Crippen molar-refractivity contribution in [3.05, 3.63) is 35.9 Å². The zero-order chi connectivity index (χ0) is 12.5. The number of hydrazine groups is 1. The van der Waals surface area contributed by atoms with Gasteiger partial charge in [0.15, 0.2) is 0 Å².